The third-order valence-electron chi connectivity index (χ3n) is 4.52. The Morgan fingerprint density at radius 1 is 0.882 bits per heavy atom. The van der Waals surface area contributed by atoms with Crippen molar-refractivity contribution >= 4 is 11.4 Å². The minimum atomic E-state index is -3.24. The molecule has 34 heavy (non-hydrogen) atoms. The van der Waals surface area contributed by atoms with Gasteiger partial charge in [-0.3, -0.25) is 4.98 Å². The topological polar surface area (TPSA) is 127 Å². The fraction of sp³-hybridized carbons (Fsp3) is 0.227. The van der Waals surface area contributed by atoms with Crippen molar-refractivity contribution in [1.82, 2.24) is 4.98 Å². The molecular weight excluding hydrogens is 460 g/mol. The van der Waals surface area contributed by atoms with E-state index in [4.69, 9.17) is 10.9 Å². The number of nitrogens with two attached hydrogens (primary N) is 2. The summed E-state index contributed by atoms with van der Waals surface area (Å²) in [6, 6.07) is 14.2. The van der Waals surface area contributed by atoms with Crippen LogP contribution in [0.1, 0.15) is 17.2 Å². The van der Waals surface area contributed by atoms with E-state index in [1.807, 2.05) is 6.07 Å². The van der Waals surface area contributed by atoms with Crippen LogP contribution in [0.15, 0.2) is 67.0 Å². The fourth-order valence-corrected chi connectivity index (χ4v) is 3.09. The van der Waals surface area contributed by atoms with Crippen molar-refractivity contribution < 1.29 is 37.3 Å². The van der Waals surface area contributed by atoms with Gasteiger partial charge in [0, 0.05) is 42.9 Å². The van der Waals surface area contributed by atoms with Crippen molar-refractivity contribution in [3.8, 4) is 11.5 Å². The molecule has 1 unspecified atom stereocenters. The zero-order chi connectivity index (χ0) is 25.1. The molecule has 1 heterocycles. The minimum absolute atomic E-state index is 0.0120. The molecule has 0 amide bonds. The maximum absolute atomic E-state index is 12.9. The third-order valence-corrected chi connectivity index (χ3v) is 4.52. The molecule has 8 nitrogen and oxygen atoms in total. The fourth-order valence-electron chi connectivity index (χ4n) is 3.09. The maximum atomic E-state index is 12.9. The van der Waals surface area contributed by atoms with Gasteiger partial charge in [-0.1, -0.05) is 18.2 Å². The molecule has 0 fully saturated rings. The molecule has 0 saturated carbocycles. The van der Waals surface area contributed by atoms with Crippen LogP contribution in [-0.4, -0.2) is 35.1 Å². The maximum Gasteiger partial charge on any atom is 0.387 e. The van der Waals surface area contributed by atoms with Crippen LogP contribution in [-0.2, 0) is 6.54 Å². The smallest absolute Gasteiger partial charge is 0.387 e. The number of pyridine rings is 1. The van der Waals surface area contributed by atoms with Gasteiger partial charge < -0.3 is 30.4 Å². The highest BCUT2D eigenvalue weighted by atomic mass is 19.3. The summed E-state index contributed by atoms with van der Waals surface area (Å²) in [5, 5.41) is 16.6. The van der Waals surface area contributed by atoms with Gasteiger partial charge in [0.2, 0.25) is 0 Å². The van der Waals surface area contributed by atoms with Crippen LogP contribution in [0.25, 0.3) is 0 Å². The van der Waals surface area contributed by atoms with Crippen LogP contribution in [0, 0.1) is 0 Å². The lowest BCUT2D eigenvalue weighted by molar-refractivity contribution is -0.0692. The zero-order valence-electron chi connectivity index (χ0n) is 17.8. The SMILES string of the molecule is NCC(O)c1cccc(N(Cc2cccnc2)c2ccc(OC(F)F)c(OC(F)F)c2)c1.NO. The van der Waals surface area contributed by atoms with Crippen molar-refractivity contribution in [1.29, 1.82) is 0 Å². The highest BCUT2D eigenvalue weighted by molar-refractivity contribution is 5.67. The summed E-state index contributed by atoms with van der Waals surface area (Å²) < 4.78 is 59.9. The Morgan fingerprint density at radius 3 is 2.18 bits per heavy atom. The predicted molar refractivity (Wildman–Crippen MR) is 116 cm³/mol. The number of halogens is 4. The number of hydrogen-bond acceptors (Lipinski definition) is 8. The van der Waals surface area contributed by atoms with Crippen molar-refractivity contribution in [3.63, 3.8) is 0 Å². The molecule has 0 bridgehead atoms. The first-order valence-corrected chi connectivity index (χ1v) is 9.81. The standard InChI is InChI=1S/C22H21F4N3O3.H3NO/c23-21(24)31-19-7-6-17(10-20(19)32-22(25)26)29(13-14-3-2-8-28-12-14)16-5-1-4-15(9-16)18(30)11-27;1-2/h1-10,12,18,21-22,30H,11,13,27H2;2H,1H2. The number of aliphatic hydroxyl groups excluding tert-OH is 1. The van der Waals surface area contributed by atoms with E-state index in [0.29, 0.717) is 16.9 Å². The first kappa shape index (κ1) is 26.8. The summed E-state index contributed by atoms with van der Waals surface area (Å²) in [4.78, 5) is 5.81. The molecule has 12 heteroatoms. The van der Waals surface area contributed by atoms with Crippen LogP contribution < -0.4 is 26.0 Å². The van der Waals surface area contributed by atoms with E-state index in [-0.39, 0.29) is 13.1 Å². The molecule has 3 rings (SSSR count). The summed E-state index contributed by atoms with van der Waals surface area (Å²) >= 11 is 0. The van der Waals surface area contributed by atoms with Crippen molar-refractivity contribution in [2.45, 2.75) is 25.9 Å². The van der Waals surface area contributed by atoms with Gasteiger partial charge in [-0.05, 0) is 41.5 Å². The number of benzene rings is 2. The van der Waals surface area contributed by atoms with Crippen molar-refractivity contribution in [2.24, 2.45) is 11.6 Å². The summed E-state index contributed by atoms with van der Waals surface area (Å²) in [5.74, 6) is 2.45. The Hall–Kier alpha value is -3.45. The summed E-state index contributed by atoms with van der Waals surface area (Å²) in [6.07, 6.45) is 2.35. The monoisotopic (exact) mass is 484 g/mol. The quantitative estimate of drug-likeness (QED) is 0.252. The number of aromatic nitrogens is 1. The molecule has 3 aromatic rings. The van der Waals surface area contributed by atoms with E-state index < -0.39 is 30.8 Å². The second-order valence-corrected chi connectivity index (χ2v) is 6.68. The molecule has 0 saturated heterocycles. The van der Waals surface area contributed by atoms with E-state index in [2.05, 4.69) is 20.4 Å². The Bertz CT molecular complexity index is 1020. The van der Waals surface area contributed by atoms with Crippen molar-refractivity contribution in [2.75, 3.05) is 11.4 Å². The normalized spacial score (nSPS) is 11.6. The number of hydrogen-bond donors (Lipinski definition) is 4. The van der Waals surface area contributed by atoms with Gasteiger partial charge in [0.1, 0.15) is 0 Å². The number of alkyl halides is 4. The Morgan fingerprint density at radius 2 is 1.56 bits per heavy atom. The molecule has 0 aliphatic heterocycles. The highest BCUT2D eigenvalue weighted by Crippen LogP contribution is 2.37. The average Bonchev–Trinajstić information content (AvgIpc) is 2.84. The van der Waals surface area contributed by atoms with E-state index in [9.17, 15) is 22.7 Å². The van der Waals surface area contributed by atoms with Gasteiger partial charge in [-0.25, -0.2) is 5.90 Å². The molecule has 1 aromatic heterocycles. The highest BCUT2D eigenvalue weighted by Gasteiger charge is 2.19. The van der Waals surface area contributed by atoms with E-state index in [1.165, 1.54) is 12.1 Å². The van der Waals surface area contributed by atoms with Crippen LogP contribution in [0.4, 0.5) is 28.9 Å². The number of anilines is 2. The number of ether oxygens (including phenoxy) is 2. The van der Waals surface area contributed by atoms with Gasteiger partial charge in [-0.2, -0.15) is 17.6 Å². The summed E-state index contributed by atoms with van der Waals surface area (Å²) in [5.41, 5.74) is 7.87. The predicted octanol–water partition coefficient (Wildman–Crippen LogP) is 3.95. The zero-order valence-corrected chi connectivity index (χ0v) is 17.8. The second kappa shape index (κ2) is 13.3. The van der Waals surface area contributed by atoms with E-state index >= 15 is 0 Å². The van der Waals surface area contributed by atoms with Gasteiger partial charge in [0.25, 0.3) is 0 Å². The minimum Gasteiger partial charge on any atom is -0.431 e. The van der Waals surface area contributed by atoms with E-state index in [1.54, 1.807) is 47.6 Å². The number of aliphatic hydroxyl groups is 1. The van der Waals surface area contributed by atoms with Crippen LogP contribution >= 0.6 is 0 Å². The Balaban J connectivity index is 0.00000199. The second-order valence-electron chi connectivity index (χ2n) is 6.68. The Labute approximate surface area is 192 Å². The average molecular weight is 484 g/mol. The van der Waals surface area contributed by atoms with E-state index in [0.717, 1.165) is 11.6 Å². The largest absolute Gasteiger partial charge is 0.431 e. The molecule has 6 N–H and O–H groups in total. The first-order chi connectivity index (χ1) is 16.4. The van der Waals surface area contributed by atoms with Gasteiger partial charge >= 0.3 is 13.2 Å². The molecular formula is C22H24F4N4O4. The number of nitrogens with zero attached hydrogens (tertiary/aromatic N) is 2. The van der Waals surface area contributed by atoms with Crippen LogP contribution in [0.5, 0.6) is 11.5 Å². The molecule has 1 atom stereocenters. The molecule has 0 spiro atoms. The summed E-state index contributed by atoms with van der Waals surface area (Å²) in [7, 11) is 0. The number of rotatable bonds is 10. The van der Waals surface area contributed by atoms with Gasteiger partial charge in [0.05, 0.1) is 6.10 Å². The molecule has 0 aliphatic rings. The first-order valence-electron chi connectivity index (χ1n) is 9.81. The molecule has 184 valence electrons. The summed E-state index contributed by atoms with van der Waals surface area (Å²) in [6.45, 7) is -6.17. The lowest BCUT2D eigenvalue weighted by Crippen LogP contribution is -2.18. The lowest BCUT2D eigenvalue weighted by atomic mass is 10.1. The van der Waals surface area contributed by atoms with Crippen molar-refractivity contribution in [3.05, 3.63) is 78.1 Å². The van der Waals surface area contributed by atoms with Gasteiger partial charge in [0.15, 0.2) is 11.5 Å². The molecule has 0 radical (unpaired) electrons. The third kappa shape index (κ3) is 7.56. The molecule has 2 aromatic carbocycles. The Kier molecular flexibility index (Phi) is 10.5. The van der Waals surface area contributed by atoms with Gasteiger partial charge in [-0.15, -0.1) is 0 Å². The van der Waals surface area contributed by atoms with Crippen LogP contribution in [0.3, 0.4) is 0 Å². The molecule has 0 aliphatic carbocycles. The van der Waals surface area contributed by atoms with Crippen LogP contribution in [0.2, 0.25) is 0 Å². The lowest BCUT2D eigenvalue weighted by Gasteiger charge is -2.27.